The van der Waals surface area contributed by atoms with Gasteiger partial charge in [-0.15, -0.1) is 0 Å². The van der Waals surface area contributed by atoms with E-state index in [0.717, 1.165) is 29.9 Å². The van der Waals surface area contributed by atoms with Crippen LogP contribution in [-0.4, -0.2) is 48.6 Å². The Bertz CT molecular complexity index is 438. The van der Waals surface area contributed by atoms with Gasteiger partial charge in [0.25, 0.3) is 0 Å². The van der Waals surface area contributed by atoms with Crippen molar-refractivity contribution >= 4 is 11.6 Å². The molecule has 0 aromatic carbocycles. The topological polar surface area (TPSA) is 53.1 Å². The van der Waals surface area contributed by atoms with Crippen LogP contribution < -0.4 is 10.6 Å². The molecule has 0 unspecified atom stereocenters. The third kappa shape index (κ3) is 4.84. The first kappa shape index (κ1) is 16.0. The Kier molecular flexibility index (Phi) is 5.79. The normalized spacial score (nSPS) is 17.2. The smallest absolute Gasteiger partial charge is 0.135 e. The van der Waals surface area contributed by atoms with Gasteiger partial charge in [-0.2, -0.15) is 0 Å². The van der Waals surface area contributed by atoms with Crippen LogP contribution in [0, 0.1) is 5.92 Å². The Morgan fingerprint density at radius 2 is 1.90 bits per heavy atom. The van der Waals surface area contributed by atoms with Gasteiger partial charge in [0.05, 0.1) is 0 Å². The Balaban J connectivity index is 1.86. The highest BCUT2D eigenvalue weighted by Crippen LogP contribution is 2.20. The van der Waals surface area contributed by atoms with Crippen molar-refractivity contribution in [3.05, 3.63) is 11.9 Å². The lowest BCUT2D eigenvalue weighted by molar-refractivity contribution is 0.215. The second-order valence-electron chi connectivity index (χ2n) is 6.36. The van der Waals surface area contributed by atoms with E-state index >= 15 is 0 Å². The molecule has 0 amide bonds. The van der Waals surface area contributed by atoms with Gasteiger partial charge in [0.15, 0.2) is 0 Å². The number of hydrogen-bond donors (Lipinski definition) is 2. The molecule has 1 aromatic heterocycles. The number of anilines is 2. The molecule has 0 saturated carbocycles. The van der Waals surface area contributed by atoms with Gasteiger partial charge in [-0.25, -0.2) is 9.97 Å². The van der Waals surface area contributed by atoms with E-state index < -0.39 is 0 Å². The van der Waals surface area contributed by atoms with Gasteiger partial charge in [0.1, 0.15) is 17.5 Å². The first-order valence-corrected chi connectivity index (χ1v) is 8.07. The molecule has 5 heteroatoms. The Morgan fingerprint density at radius 3 is 2.52 bits per heavy atom. The Morgan fingerprint density at radius 1 is 1.24 bits per heavy atom. The average molecular weight is 291 g/mol. The molecule has 2 rings (SSSR count). The van der Waals surface area contributed by atoms with Gasteiger partial charge >= 0.3 is 0 Å². The standard InChI is InChI=1S/C16H29N5/c1-12(2)16-19-14(17-3)11-15(20-16)18-8-5-13-6-9-21(4)10-7-13/h11-13H,5-10H2,1-4H3,(H2,17,18,19,20). The van der Waals surface area contributed by atoms with Crippen LogP contribution in [0.1, 0.15) is 44.9 Å². The summed E-state index contributed by atoms with van der Waals surface area (Å²) < 4.78 is 0. The number of hydrogen-bond acceptors (Lipinski definition) is 5. The Labute approximate surface area is 128 Å². The zero-order valence-corrected chi connectivity index (χ0v) is 13.8. The van der Waals surface area contributed by atoms with Crippen LogP contribution in [0.3, 0.4) is 0 Å². The van der Waals surface area contributed by atoms with Crippen molar-refractivity contribution in [2.45, 2.75) is 39.0 Å². The molecule has 118 valence electrons. The fraction of sp³-hybridized carbons (Fsp3) is 0.750. The molecule has 2 N–H and O–H groups in total. The van der Waals surface area contributed by atoms with Crippen molar-refractivity contribution in [3.8, 4) is 0 Å². The monoisotopic (exact) mass is 291 g/mol. The summed E-state index contributed by atoms with van der Waals surface area (Å²) in [7, 11) is 4.11. The summed E-state index contributed by atoms with van der Waals surface area (Å²) in [6.07, 6.45) is 3.87. The van der Waals surface area contributed by atoms with Crippen LogP contribution in [-0.2, 0) is 0 Å². The number of rotatable bonds is 6. The average Bonchev–Trinajstić information content (AvgIpc) is 2.49. The highest BCUT2D eigenvalue weighted by Gasteiger charge is 2.16. The molecule has 0 radical (unpaired) electrons. The number of piperidine rings is 1. The lowest BCUT2D eigenvalue weighted by atomic mass is 9.94. The van der Waals surface area contributed by atoms with E-state index in [-0.39, 0.29) is 0 Å². The summed E-state index contributed by atoms with van der Waals surface area (Å²) in [4.78, 5) is 11.5. The molecule has 2 heterocycles. The van der Waals surface area contributed by atoms with E-state index in [2.05, 4.69) is 46.4 Å². The van der Waals surface area contributed by atoms with Crippen molar-refractivity contribution in [3.63, 3.8) is 0 Å². The highest BCUT2D eigenvalue weighted by molar-refractivity contribution is 5.47. The molecule has 0 aliphatic carbocycles. The molecular formula is C16H29N5. The van der Waals surface area contributed by atoms with Gasteiger partial charge in [0.2, 0.25) is 0 Å². The van der Waals surface area contributed by atoms with Gasteiger partial charge in [-0.1, -0.05) is 13.8 Å². The minimum absolute atomic E-state index is 0.340. The predicted octanol–water partition coefficient (Wildman–Crippen LogP) is 2.79. The van der Waals surface area contributed by atoms with Crippen molar-refractivity contribution in [2.75, 3.05) is 44.4 Å². The van der Waals surface area contributed by atoms with Crippen LogP contribution >= 0.6 is 0 Å². The van der Waals surface area contributed by atoms with Gasteiger partial charge in [0, 0.05) is 25.6 Å². The molecule has 1 fully saturated rings. The second kappa shape index (κ2) is 7.59. The maximum atomic E-state index is 4.61. The van der Waals surface area contributed by atoms with Gasteiger partial charge in [-0.3, -0.25) is 0 Å². The number of nitrogens with zero attached hydrogens (tertiary/aromatic N) is 3. The van der Waals surface area contributed by atoms with Gasteiger partial charge < -0.3 is 15.5 Å². The predicted molar refractivity (Wildman–Crippen MR) is 89.0 cm³/mol. The van der Waals surface area contributed by atoms with E-state index in [4.69, 9.17) is 0 Å². The molecule has 0 atom stereocenters. The third-order valence-electron chi connectivity index (χ3n) is 4.21. The van der Waals surface area contributed by atoms with Crippen molar-refractivity contribution < 1.29 is 0 Å². The van der Waals surface area contributed by atoms with Crippen LogP contribution in [0.5, 0.6) is 0 Å². The van der Waals surface area contributed by atoms with Crippen LogP contribution in [0.4, 0.5) is 11.6 Å². The van der Waals surface area contributed by atoms with Crippen LogP contribution in [0.25, 0.3) is 0 Å². The summed E-state index contributed by atoms with van der Waals surface area (Å²) in [6.45, 7) is 7.71. The lowest BCUT2D eigenvalue weighted by Crippen LogP contribution is -2.30. The molecule has 5 nitrogen and oxygen atoms in total. The quantitative estimate of drug-likeness (QED) is 0.844. The van der Waals surface area contributed by atoms with E-state index in [1.807, 2.05) is 13.1 Å². The minimum Gasteiger partial charge on any atom is -0.373 e. The van der Waals surface area contributed by atoms with Crippen molar-refractivity contribution in [1.29, 1.82) is 0 Å². The molecule has 21 heavy (non-hydrogen) atoms. The summed E-state index contributed by atoms with van der Waals surface area (Å²) in [5.41, 5.74) is 0. The molecular weight excluding hydrogens is 262 g/mol. The van der Waals surface area contributed by atoms with E-state index in [1.165, 1.54) is 32.4 Å². The third-order valence-corrected chi connectivity index (χ3v) is 4.21. The first-order chi connectivity index (χ1) is 10.1. The summed E-state index contributed by atoms with van der Waals surface area (Å²) in [6, 6.07) is 1.99. The van der Waals surface area contributed by atoms with E-state index in [9.17, 15) is 0 Å². The highest BCUT2D eigenvalue weighted by atomic mass is 15.1. The summed E-state index contributed by atoms with van der Waals surface area (Å²) in [5.74, 6) is 3.90. The zero-order chi connectivity index (χ0) is 15.2. The van der Waals surface area contributed by atoms with Crippen LogP contribution in [0.15, 0.2) is 6.07 Å². The fourth-order valence-electron chi connectivity index (χ4n) is 2.70. The Hall–Kier alpha value is -1.36. The SMILES string of the molecule is CNc1cc(NCCC2CCN(C)CC2)nc(C(C)C)n1. The van der Waals surface area contributed by atoms with E-state index in [0.29, 0.717) is 5.92 Å². The molecule has 0 spiro atoms. The van der Waals surface area contributed by atoms with Crippen molar-refractivity contribution in [1.82, 2.24) is 14.9 Å². The first-order valence-electron chi connectivity index (χ1n) is 8.07. The fourth-order valence-corrected chi connectivity index (χ4v) is 2.70. The van der Waals surface area contributed by atoms with Crippen LogP contribution in [0.2, 0.25) is 0 Å². The molecule has 0 bridgehead atoms. The largest absolute Gasteiger partial charge is 0.373 e. The zero-order valence-electron chi connectivity index (χ0n) is 13.8. The summed E-state index contributed by atoms with van der Waals surface area (Å²) in [5, 5.41) is 6.58. The molecule has 1 aromatic rings. The van der Waals surface area contributed by atoms with Crippen molar-refractivity contribution in [2.24, 2.45) is 5.92 Å². The molecule has 1 saturated heterocycles. The summed E-state index contributed by atoms with van der Waals surface area (Å²) >= 11 is 0. The second-order valence-corrected chi connectivity index (χ2v) is 6.36. The maximum absolute atomic E-state index is 4.61. The van der Waals surface area contributed by atoms with Gasteiger partial charge in [-0.05, 0) is 45.3 Å². The molecule has 1 aliphatic heterocycles. The lowest BCUT2D eigenvalue weighted by Gasteiger charge is -2.28. The molecule has 1 aliphatic rings. The number of nitrogens with one attached hydrogen (secondary N) is 2. The number of likely N-dealkylation sites (tertiary alicyclic amines) is 1. The van der Waals surface area contributed by atoms with E-state index in [1.54, 1.807) is 0 Å². The minimum atomic E-state index is 0.340. The number of aromatic nitrogens is 2. The maximum Gasteiger partial charge on any atom is 0.135 e.